The standard InChI is InChI=1S/C18H29NO2/c1-3-14-8-7-9-15(12-14)21-13-17(19)16-10-5-6-11-18(16)20-4-2/h5-6,10-11,14-15,17H,3-4,7-9,12-13,19H2,1-2H3. The Morgan fingerprint density at radius 3 is 2.81 bits per heavy atom. The Morgan fingerprint density at radius 2 is 2.05 bits per heavy atom. The number of para-hydroxylation sites is 1. The van der Waals surface area contributed by atoms with Crippen LogP contribution in [0.2, 0.25) is 0 Å². The van der Waals surface area contributed by atoms with E-state index in [2.05, 4.69) is 6.92 Å². The fourth-order valence-corrected chi connectivity index (χ4v) is 3.17. The zero-order valence-electron chi connectivity index (χ0n) is 13.4. The molecular formula is C18H29NO2. The van der Waals surface area contributed by atoms with Gasteiger partial charge >= 0.3 is 0 Å². The van der Waals surface area contributed by atoms with Gasteiger partial charge in [-0.15, -0.1) is 0 Å². The van der Waals surface area contributed by atoms with E-state index in [1.165, 1.54) is 32.1 Å². The number of benzene rings is 1. The fourth-order valence-electron chi connectivity index (χ4n) is 3.17. The Kier molecular flexibility index (Phi) is 6.52. The Hall–Kier alpha value is -1.06. The second-order valence-electron chi connectivity index (χ2n) is 5.97. The minimum atomic E-state index is -0.116. The van der Waals surface area contributed by atoms with Gasteiger partial charge in [-0.3, -0.25) is 0 Å². The molecule has 1 aromatic carbocycles. The van der Waals surface area contributed by atoms with Crippen molar-refractivity contribution in [2.24, 2.45) is 11.7 Å². The van der Waals surface area contributed by atoms with Gasteiger partial charge < -0.3 is 15.2 Å². The number of hydrogen-bond donors (Lipinski definition) is 1. The van der Waals surface area contributed by atoms with Gasteiger partial charge in [0.25, 0.3) is 0 Å². The summed E-state index contributed by atoms with van der Waals surface area (Å²) in [6.07, 6.45) is 6.66. The molecule has 0 radical (unpaired) electrons. The van der Waals surface area contributed by atoms with Crippen LogP contribution >= 0.6 is 0 Å². The zero-order valence-corrected chi connectivity index (χ0v) is 13.4. The van der Waals surface area contributed by atoms with Crippen LogP contribution in [0.4, 0.5) is 0 Å². The van der Waals surface area contributed by atoms with Crippen LogP contribution in [-0.4, -0.2) is 19.3 Å². The van der Waals surface area contributed by atoms with Gasteiger partial charge in [0.15, 0.2) is 0 Å². The van der Waals surface area contributed by atoms with E-state index in [1.807, 2.05) is 31.2 Å². The van der Waals surface area contributed by atoms with Crippen LogP contribution in [0.3, 0.4) is 0 Å². The van der Waals surface area contributed by atoms with Gasteiger partial charge in [0, 0.05) is 5.56 Å². The highest BCUT2D eigenvalue weighted by Crippen LogP contribution is 2.30. The van der Waals surface area contributed by atoms with Crippen molar-refractivity contribution < 1.29 is 9.47 Å². The van der Waals surface area contributed by atoms with Gasteiger partial charge in [-0.2, -0.15) is 0 Å². The quantitative estimate of drug-likeness (QED) is 0.823. The van der Waals surface area contributed by atoms with Crippen molar-refractivity contribution in [1.82, 2.24) is 0 Å². The van der Waals surface area contributed by atoms with Gasteiger partial charge in [0.1, 0.15) is 5.75 Å². The lowest BCUT2D eigenvalue weighted by Crippen LogP contribution is -2.27. The van der Waals surface area contributed by atoms with Crippen LogP contribution in [0.5, 0.6) is 5.75 Å². The Bertz CT molecular complexity index is 421. The molecule has 21 heavy (non-hydrogen) atoms. The molecule has 0 spiro atoms. The van der Waals surface area contributed by atoms with Gasteiger partial charge in [0.2, 0.25) is 0 Å². The number of rotatable bonds is 7. The second kappa shape index (κ2) is 8.40. The van der Waals surface area contributed by atoms with E-state index in [1.54, 1.807) is 0 Å². The maximum absolute atomic E-state index is 6.31. The normalized spacial score (nSPS) is 23.8. The molecular weight excluding hydrogens is 262 g/mol. The van der Waals surface area contributed by atoms with Gasteiger partial charge in [-0.1, -0.05) is 44.4 Å². The van der Waals surface area contributed by atoms with Crippen LogP contribution in [0, 0.1) is 5.92 Å². The van der Waals surface area contributed by atoms with E-state index >= 15 is 0 Å². The van der Waals surface area contributed by atoms with Gasteiger partial charge in [0.05, 0.1) is 25.4 Å². The number of ether oxygens (including phenoxy) is 2. The molecule has 0 aromatic heterocycles. The number of nitrogens with two attached hydrogens (primary N) is 1. The van der Waals surface area contributed by atoms with E-state index < -0.39 is 0 Å². The average Bonchev–Trinajstić information content (AvgIpc) is 2.53. The average molecular weight is 291 g/mol. The zero-order chi connectivity index (χ0) is 15.1. The van der Waals surface area contributed by atoms with E-state index in [0.29, 0.717) is 19.3 Å². The van der Waals surface area contributed by atoms with Crippen molar-refractivity contribution in [1.29, 1.82) is 0 Å². The summed E-state index contributed by atoms with van der Waals surface area (Å²) in [6, 6.07) is 7.89. The fraction of sp³-hybridized carbons (Fsp3) is 0.667. The second-order valence-corrected chi connectivity index (χ2v) is 5.97. The molecule has 0 bridgehead atoms. The summed E-state index contributed by atoms with van der Waals surface area (Å²) in [5.74, 6) is 1.71. The molecule has 0 heterocycles. The van der Waals surface area contributed by atoms with Crippen LogP contribution in [-0.2, 0) is 4.74 Å². The predicted octanol–water partition coefficient (Wildman–Crippen LogP) is 4.07. The summed E-state index contributed by atoms with van der Waals surface area (Å²) in [6.45, 7) is 5.50. The molecule has 1 saturated carbocycles. The molecule has 1 aliphatic rings. The van der Waals surface area contributed by atoms with Crippen molar-refractivity contribution >= 4 is 0 Å². The molecule has 0 saturated heterocycles. The van der Waals surface area contributed by atoms with Crippen LogP contribution < -0.4 is 10.5 Å². The maximum Gasteiger partial charge on any atom is 0.124 e. The molecule has 0 amide bonds. The SMILES string of the molecule is CCOc1ccccc1C(N)COC1CCCC(CC)C1. The first kappa shape index (κ1) is 16.3. The first-order chi connectivity index (χ1) is 10.2. The lowest BCUT2D eigenvalue weighted by atomic mass is 9.85. The third-order valence-electron chi connectivity index (χ3n) is 4.44. The molecule has 1 aliphatic carbocycles. The summed E-state index contributed by atoms with van der Waals surface area (Å²) in [4.78, 5) is 0. The third kappa shape index (κ3) is 4.72. The summed E-state index contributed by atoms with van der Waals surface area (Å²) in [5.41, 5.74) is 7.35. The smallest absolute Gasteiger partial charge is 0.124 e. The van der Waals surface area contributed by atoms with Crippen molar-refractivity contribution in [3.05, 3.63) is 29.8 Å². The number of hydrogen-bond acceptors (Lipinski definition) is 3. The summed E-state index contributed by atoms with van der Waals surface area (Å²) in [7, 11) is 0. The Labute approximate surface area is 128 Å². The van der Waals surface area contributed by atoms with Gasteiger partial charge in [-0.05, 0) is 31.7 Å². The monoisotopic (exact) mass is 291 g/mol. The molecule has 3 atom stereocenters. The highest BCUT2D eigenvalue weighted by atomic mass is 16.5. The van der Waals surface area contributed by atoms with E-state index in [-0.39, 0.29) is 6.04 Å². The highest BCUT2D eigenvalue weighted by molar-refractivity contribution is 5.35. The molecule has 0 aliphatic heterocycles. The van der Waals surface area contributed by atoms with Crippen LogP contribution in [0.1, 0.15) is 57.6 Å². The molecule has 3 unspecified atom stereocenters. The van der Waals surface area contributed by atoms with E-state index in [9.17, 15) is 0 Å². The Morgan fingerprint density at radius 1 is 1.24 bits per heavy atom. The maximum atomic E-state index is 6.31. The molecule has 1 fully saturated rings. The largest absolute Gasteiger partial charge is 0.494 e. The molecule has 3 nitrogen and oxygen atoms in total. The van der Waals surface area contributed by atoms with Crippen LogP contribution in [0.25, 0.3) is 0 Å². The lowest BCUT2D eigenvalue weighted by molar-refractivity contribution is 0.00535. The Balaban J connectivity index is 1.88. The third-order valence-corrected chi connectivity index (χ3v) is 4.44. The first-order valence-corrected chi connectivity index (χ1v) is 8.33. The summed E-state index contributed by atoms with van der Waals surface area (Å²) >= 11 is 0. The molecule has 2 N–H and O–H groups in total. The summed E-state index contributed by atoms with van der Waals surface area (Å²) in [5, 5.41) is 0. The van der Waals surface area contributed by atoms with Crippen molar-refractivity contribution in [3.8, 4) is 5.75 Å². The topological polar surface area (TPSA) is 44.5 Å². The molecule has 118 valence electrons. The first-order valence-electron chi connectivity index (χ1n) is 8.33. The molecule has 3 heteroatoms. The molecule has 1 aromatic rings. The minimum absolute atomic E-state index is 0.116. The van der Waals surface area contributed by atoms with Crippen molar-refractivity contribution in [2.45, 2.75) is 58.1 Å². The minimum Gasteiger partial charge on any atom is -0.494 e. The highest BCUT2D eigenvalue weighted by Gasteiger charge is 2.22. The van der Waals surface area contributed by atoms with Gasteiger partial charge in [-0.25, -0.2) is 0 Å². The van der Waals surface area contributed by atoms with Crippen LogP contribution in [0.15, 0.2) is 24.3 Å². The summed E-state index contributed by atoms with van der Waals surface area (Å²) < 4.78 is 11.7. The van der Waals surface area contributed by atoms with Crippen molar-refractivity contribution in [3.63, 3.8) is 0 Å². The van der Waals surface area contributed by atoms with E-state index in [4.69, 9.17) is 15.2 Å². The van der Waals surface area contributed by atoms with E-state index in [0.717, 1.165) is 17.2 Å². The predicted molar refractivity (Wildman–Crippen MR) is 86.5 cm³/mol. The van der Waals surface area contributed by atoms with Crippen molar-refractivity contribution in [2.75, 3.05) is 13.2 Å². The lowest BCUT2D eigenvalue weighted by Gasteiger charge is -2.29. The molecule has 2 rings (SSSR count).